The number of phenols is 1. The number of phenolic OH excluding ortho intramolecular Hbond substituents is 1. The van der Waals surface area contributed by atoms with Crippen molar-refractivity contribution in [2.24, 2.45) is 29.4 Å². The average molecular weight is 462 g/mol. The molecule has 0 fully saturated rings. The number of aromatic hydroxyl groups is 1. The first-order valence-electron chi connectivity index (χ1n) is 10.3. The maximum atomic E-state index is 12.6. The van der Waals surface area contributed by atoms with Crippen LogP contribution in [0.15, 0.2) is 73.4 Å². The average Bonchev–Trinajstić information content (AvgIpc) is 3.21. The van der Waals surface area contributed by atoms with Gasteiger partial charge in [0, 0.05) is 26.2 Å². The molecule has 0 radical (unpaired) electrons. The molecule has 0 spiro atoms. The van der Waals surface area contributed by atoms with Crippen molar-refractivity contribution in [3.05, 3.63) is 74.9 Å². The van der Waals surface area contributed by atoms with Gasteiger partial charge in [-0.25, -0.2) is 10.2 Å². The van der Waals surface area contributed by atoms with E-state index >= 15 is 0 Å². The number of anilines is 1. The molecular weight excluding hydrogens is 440 g/mol. The number of hydrazone groups is 1. The van der Waals surface area contributed by atoms with E-state index in [4.69, 9.17) is 0 Å². The van der Waals surface area contributed by atoms with E-state index in [0.717, 1.165) is 4.57 Å². The lowest BCUT2D eigenvalue weighted by atomic mass is 10.2. The molecular formula is C22H22N8O4. The molecule has 3 N–H and O–H groups in total. The summed E-state index contributed by atoms with van der Waals surface area (Å²) >= 11 is 0. The van der Waals surface area contributed by atoms with Crippen molar-refractivity contribution >= 4 is 34.7 Å². The minimum atomic E-state index is -0.537. The highest BCUT2D eigenvalue weighted by molar-refractivity contribution is 5.85. The number of aliphatic hydroxyl groups is 1. The summed E-state index contributed by atoms with van der Waals surface area (Å²) in [6.45, 7) is -0.201. The highest BCUT2D eigenvalue weighted by Gasteiger charge is 2.18. The lowest BCUT2D eigenvalue weighted by Gasteiger charge is -2.07. The number of hydrogen-bond acceptors (Lipinski definition) is 9. The van der Waals surface area contributed by atoms with Gasteiger partial charge in [-0.15, -0.1) is 0 Å². The van der Waals surface area contributed by atoms with Crippen LogP contribution in [0.25, 0.3) is 11.2 Å². The fraction of sp³-hybridized carbons (Fsp3) is 0.182. The molecule has 34 heavy (non-hydrogen) atoms. The van der Waals surface area contributed by atoms with Gasteiger partial charge >= 0.3 is 5.69 Å². The Bertz CT molecular complexity index is 1520. The number of rotatable bonds is 7. The van der Waals surface area contributed by atoms with Gasteiger partial charge in [-0.3, -0.25) is 13.9 Å². The monoisotopic (exact) mass is 462 g/mol. The summed E-state index contributed by atoms with van der Waals surface area (Å²) in [5.74, 6) is 0.127. The molecule has 0 bridgehead atoms. The number of fused-ring (bicyclic) bond motifs is 1. The minimum absolute atomic E-state index is 0.0238. The third kappa shape index (κ3) is 4.34. The SMILES string of the molecule is Cn1c(=O)c2c(nc(N/N=C\c3cc(N=Nc4ccccc4)ccc3O)n2CCO)n(C)c1=O. The predicted octanol–water partition coefficient (Wildman–Crippen LogP) is 1.99. The standard InChI is InChI=1S/C22H22N8O4/c1-28-19-18(20(33)29(2)22(28)34)30(10-11-31)21(24-19)27-23-13-14-12-16(8-9-17(14)32)26-25-15-6-4-3-5-7-15/h3-9,12-13,31-32H,10-11H2,1-2H3,(H,24,27)/b23-13-,26-25?. The summed E-state index contributed by atoms with van der Waals surface area (Å²) in [5.41, 5.74) is 3.54. The third-order valence-corrected chi connectivity index (χ3v) is 5.09. The number of hydrogen-bond donors (Lipinski definition) is 3. The first-order valence-corrected chi connectivity index (χ1v) is 10.3. The van der Waals surface area contributed by atoms with Crippen LogP contribution >= 0.6 is 0 Å². The Balaban J connectivity index is 1.64. The van der Waals surface area contributed by atoms with Crippen molar-refractivity contribution in [3.63, 3.8) is 0 Å². The van der Waals surface area contributed by atoms with Crippen LogP contribution in [0.2, 0.25) is 0 Å². The summed E-state index contributed by atoms with van der Waals surface area (Å²) in [4.78, 5) is 29.2. The molecule has 174 valence electrons. The normalized spacial score (nSPS) is 11.7. The Labute approximate surface area is 192 Å². The van der Waals surface area contributed by atoms with E-state index < -0.39 is 11.2 Å². The summed E-state index contributed by atoms with van der Waals surface area (Å²) < 4.78 is 3.66. The maximum absolute atomic E-state index is 12.6. The first-order chi connectivity index (χ1) is 16.4. The van der Waals surface area contributed by atoms with Gasteiger partial charge in [0.25, 0.3) is 5.56 Å². The van der Waals surface area contributed by atoms with Gasteiger partial charge in [-0.2, -0.15) is 20.3 Å². The molecule has 0 saturated heterocycles. The van der Waals surface area contributed by atoms with Crippen molar-refractivity contribution in [3.8, 4) is 5.75 Å². The molecule has 0 aliphatic heterocycles. The fourth-order valence-corrected chi connectivity index (χ4v) is 3.33. The number of aryl methyl sites for hydroxylation is 1. The van der Waals surface area contributed by atoms with Crippen LogP contribution in [-0.4, -0.2) is 41.7 Å². The highest BCUT2D eigenvalue weighted by atomic mass is 16.3. The highest BCUT2D eigenvalue weighted by Crippen LogP contribution is 2.24. The fourth-order valence-electron chi connectivity index (χ4n) is 3.33. The van der Waals surface area contributed by atoms with Gasteiger partial charge in [0.1, 0.15) is 5.75 Å². The van der Waals surface area contributed by atoms with Gasteiger partial charge in [-0.05, 0) is 30.3 Å². The Morgan fingerprint density at radius 2 is 1.76 bits per heavy atom. The van der Waals surface area contributed by atoms with Gasteiger partial charge in [0.15, 0.2) is 11.2 Å². The van der Waals surface area contributed by atoms with Crippen LogP contribution < -0.4 is 16.7 Å². The number of nitrogens with one attached hydrogen (secondary N) is 1. The number of aromatic nitrogens is 4. The van der Waals surface area contributed by atoms with Gasteiger partial charge in [0.2, 0.25) is 5.95 Å². The topological polar surface area (TPSA) is 151 Å². The van der Waals surface area contributed by atoms with E-state index in [9.17, 15) is 19.8 Å². The van der Waals surface area contributed by atoms with Crippen molar-refractivity contribution in [2.75, 3.05) is 12.0 Å². The van der Waals surface area contributed by atoms with Crippen molar-refractivity contribution in [1.29, 1.82) is 0 Å². The Kier molecular flexibility index (Phi) is 6.32. The molecule has 12 heteroatoms. The predicted molar refractivity (Wildman–Crippen MR) is 127 cm³/mol. The van der Waals surface area contributed by atoms with Crippen molar-refractivity contribution in [1.82, 2.24) is 18.7 Å². The zero-order valence-electron chi connectivity index (χ0n) is 18.5. The largest absolute Gasteiger partial charge is 0.507 e. The second-order valence-corrected chi connectivity index (χ2v) is 7.34. The zero-order valence-corrected chi connectivity index (χ0v) is 18.5. The van der Waals surface area contributed by atoms with Crippen LogP contribution in [0.4, 0.5) is 17.3 Å². The van der Waals surface area contributed by atoms with E-state index in [2.05, 4.69) is 25.7 Å². The third-order valence-electron chi connectivity index (χ3n) is 5.09. The molecule has 0 aliphatic rings. The molecule has 0 atom stereocenters. The summed E-state index contributed by atoms with van der Waals surface area (Å²) in [6, 6.07) is 13.9. The number of aliphatic hydroxyl groups excluding tert-OH is 1. The lowest BCUT2D eigenvalue weighted by molar-refractivity contribution is 0.278. The van der Waals surface area contributed by atoms with E-state index in [-0.39, 0.29) is 36.0 Å². The Morgan fingerprint density at radius 3 is 2.50 bits per heavy atom. The number of imidazole rings is 1. The molecule has 2 aromatic heterocycles. The van der Waals surface area contributed by atoms with Crippen LogP contribution in [0.5, 0.6) is 5.75 Å². The van der Waals surface area contributed by atoms with Gasteiger partial charge < -0.3 is 14.8 Å². The second-order valence-electron chi connectivity index (χ2n) is 7.34. The Morgan fingerprint density at radius 1 is 1.03 bits per heavy atom. The molecule has 2 aromatic carbocycles. The van der Waals surface area contributed by atoms with Crippen LogP contribution in [0.1, 0.15) is 5.56 Å². The van der Waals surface area contributed by atoms with Crippen LogP contribution in [-0.2, 0) is 20.6 Å². The first kappa shape index (κ1) is 22.6. The van der Waals surface area contributed by atoms with Crippen LogP contribution in [0, 0.1) is 0 Å². The van der Waals surface area contributed by atoms with Gasteiger partial charge in [-0.1, -0.05) is 18.2 Å². The molecule has 12 nitrogen and oxygen atoms in total. The number of benzene rings is 2. The lowest BCUT2D eigenvalue weighted by Crippen LogP contribution is -2.37. The van der Waals surface area contributed by atoms with Crippen LogP contribution in [0.3, 0.4) is 0 Å². The minimum Gasteiger partial charge on any atom is -0.507 e. The summed E-state index contributed by atoms with van der Waals surface area (Å²) in [7, 11) is 2.87. The van der Waals surface area contributed by atoms with E-state index in [1.54, 1.807) is 12.1 Å². The summed E-state index contributed by atoms with van der Waals surface area (Å²) in [5, 5.41) is 32.1. The molecule has 4 rings (SSSR count). The zero-order chi connectivity index (χ0) is 24.2. The molecule has 0 unspecified atom stereocenters. The molecule has 0 saturated carbocycles. The van der Waals surface area contributed by atoms with E-state index in [1.807, 2.05) is 30.3 Å². The van der Waals surface area contributed by atoms with E-state index in [0.29, 0.717) is 16.9 Å². The van der Waals surface area contributed by atoms with E-state index in [1.165, 1.54) is 35.5 Å². The molecule has 0 amide bonds. The van der Waals surface area contributed by atoms with Gasteiger partial charge in [0.05, 0.1) is 24.2 Å². The smallest absolute Gasteiger partial charge is 0.332 e. The molecule has 4 aromatic rings. The molecule has 2 heterocycles. The molecule has 0 aliphatic carbocycles. The van der Waals surface area contributed by atoms with Crippen molar-refractivity contribution < 1.29 is 10.2 Å². The second kappa shape index (κ2) is 9.50. The quantitative estimate of drug-likeness (QED) is 0.217. The number of azo groups is 1. The maximum Gasteiger partial charge on any atom is 0.332 e. The Hall–Kier alpha value is -4.58. The summed E-state index contributed by atoms with van der Waals surface area (Å²) in [6.07, 6.45) is 1.36. The number of nitrogens with zero attached hydrogens (tertiary/aromatic N) is 7. The van der Waals surface area contributed by atoms with Crippen molar-refractivity contribution in [2.45, 2.75) is 6.54 Å².